The molecule has 0 spiro atoms. The van der Waals surface area contributed by atoms with Gasteiger partial charge in [-0.05, 0) is 44.0 Å². The largest absolute Gasteiger partial charge is 0.506 e. The SMILES string of the molecule is NC(=O)c1cccc(-c2ccc(Br)c(Cl)c2Br)c1O. The summed E-state index contributed by atoms with van der Waals surface area (Å²) >= 11 is 12.8. The third-order valence-corrected chi connectivity index (χ3v) is 4.96. The minimum Gasteiger partial charge on any atom is -0.506 e. The van der Waals surface area contributed by atoms with Gasteiger partial charge in [-0.25, -0.2) is 0 Å². The van der Waals surface area contributed by atoms with E-state index in [4.69, 9.17) is 17.3 Å². The molecular weight excluding hydrogens is 397 g/mol. The van der Waals surface area contributed by atoms with Crippen LogP contribution in [0.1, 0.15) is 10.4 Å². The summed E-state index contributed by atoms with van der Waals surface area (Å²) in [5, 5.41) is 10.6. The second-order valence-corrected chi connectivity index (χ2v) is 5.81. The summed E-state index contributed by atoms with van der Waals surface area (Å²) in [4.78, 5) is 11.2. The Morgan fingerprint density at radius 1 is 1.16 bits per heavy atom. The number of amides is 1. The van der Waals surface area contributed by atoms with Crippen molar-refractivity contribution in [3.05, 3.63) is 49.9 Å². The summed E-state index contributed by atoms with van der Waals surface area (Å²) in [7, 11) is 0. The fourth-order valence-electron chi connectivity index (χ4n) is 1.69. The van der Waals surface area contributed by atoms with Crippen molar-refractivity contribution in [3.63, 3.8) is 0 Å². The quantitative estimate of drug-likeness (QED) is 0.731. The molecule has 0 saturated carbocycles. The fraction of sp³-hybridized carbons (Fsp3) is 0. The average Bonchev–Trinajstić information content (AvgIpc) is 2.37. The van der Waals surface area contributed by atoms with Gasteiger partial charge < -0.3 is 10.8 Å². The molecule has 0 aromatic heterocycles. The summed E-state index contributed by atoms with van der Waals surface area (Å²) < 4.78 is 1.36. The molecule has 19 heavy (non-hydrogen) atoms. The minimum absolute atomic E-state index is 0.0726. The van der Waals surface area contributed by atoms with Gasteiger partial charge in [-0.15, -0.1) is 0 Å². The Balaban J connectivity index is 2.70. The molecule has 0 fully saturated rings. The van der Waals surface area contributed by atoms with Gasteiger partial charge in [0.05, 0.1) is 10.6 Å². The lowest BCUT2D eigenvalue weighted by Gasteiger charge is -2.11. The predicted molar refractivity (Wildman–Crippen MR) is 82.5 cm³/mol. The molecule has 0 aliphatic carbocycles. The second kappa shape index (κ2) is 5.53. The zero-order valence-corrected chi connectivity index (χ0v) is 13.4. The number of aromatic hydroxyl groups is 1. The van der Waals surface area contributed by atoms with E-state index in [2.05, 4.69) is 31.9 Å². The van der Waals surface area contributed by atoms with Crippen molar-refractivity contribution in [1.82, 2.24) is 0 Å². The fourth-order valence-corrected chi connectivity index (χ4v) is 3.01. The summed E-state index contributed by atoms with van der Waals surface area (Å²) in [6.07, 6.45) is 0. The lowest BCUT2D eigenvalue weighted by atomic mass is 10.0. The van der Waals surface area contributed by atoms with Crippen molar-refractivity contribution >= 4 is 49.4 Å². The Bertz CT molecular complexity index is 674. The maximum absolute atomic E-state index is 11.2. The topological polar surface area (TPSA) is 63.3 Å². The number of hydrogen-bond donors (Lipinski definition) is 2. The summed E-state index contributed by atoms with van der Waals surface area (Å²) in [6.45, 7) is 0. The first kappa shape index (κ1) is 14.4. The maximum atomic E-state index is 11.2. The van der Waals surface area contributed by atoms with E-state index in [-0.39, 0.29) is 11.3 Å². The van der Waals surface area contributed by atoms with E-state index >= 15 is 0 Å². The molecule has 3 N–H and O–H groups in total. The van der Waals surface area contributed by atoms with Crippen LogP contribution < -0.4 is 5.73 Å². The molecule has 2 rings (SSSR count). The number of para-hydroxylation sites is 1. The number of hydrogen-bond acceptors (Lipinski definition) is 2. The lowest BCUT2D eigenvalue weighted by molar-refractivity contribution is 0.0998. The Labute approximate surface area is 131 Å². The second-order valence-electron chi connectivity index (χ2n) is 3.79. The summed E-state index contributed by atoms with van der Waals surface area (Å²) in [5.41, 5.74) is 6.44. The minimum atomic E-state index is -0.682. The Kier molecular flexibility index (Phi) is 4.18. The van der Waals surface area contributed by atoms with Crippen molar-refractivity contribution in [2.45, 2.75) is 0 Å². The third-order valence-electron chi connectivity index (χ3n) is 2.63. The number of phenols is 1. The molecule has 0 saturated heterocycles. The van der Waals surface area contributed by atoms with Gasteiger partial charge in [0.25, 0.3) is 5.91 Å². The number of carbonyl (C=O) groups is 1. The van der Waals surface area contributed by atoms with Crippen molar-refractivity contribution in [3.8, 4) is 16.9 Å². The Morgan fingerprint density at radius 2 is 1.84 bits per heavy atom. The van der Waals surface area contributed by atoms with Crippen LogP contribution in [0.15, 0.2) is 39.3 Å². The van der Waals surface area contributed by atoms with Crippen molar-refractivity contribution in [2.75, 3.05) is 0 Å². The van der Waals surface area contributed by atoms with Crippen LogP contribution in [0.5, 0.6) is 5.75 Å². The number of rotatable bonds is 2. The zero-order chi connectivity index (χ0) is 14.2. The summed E-state index contributed by atoms with van der Waals surface area (Å²) in [5.74, 6) is -0.840. The standard InChI is InChI=1S/C13H8Br2ClNO2/c14-9-5-4-6(10(15)11(9)16)7-2-1-3-8(12(7)18)13(17)19/h1-5,18H,(H2,17,19). The van der Waals surface area contributed by atoms with Crippen LogP contribution in [0.4, 0.5) is 0 Å². The highest BCUT2D eigenvalue weighted by atomic mass is 79.9. The summed E-state index contributed by atoms with van der Waals surface area (Å²) in [6, 6.07) is 8.35. The van der Waals surface area contributed by atoms with Crippen LogP contribution in [0, 0.1) is 0 Å². The van der Waals surface area contributed by atoms with Gasteiger partial charge in [0.2, 0.25) is 0 Å². The van der Waals surface area contributed by atoms with E-state index < -0.39 is 5.91 Å². The molecule has 0 radical (unpaired) electrons. The number of carbonyl (C=O) groups excluding carboxylic acids is 1. The van der Waals surface area contributed by atoms with Crippen LogP contribution in [0.25, 0.3) is 11.1 Å². The highest BCUT2D eigenvalue weighted by Crippen LogP contribution is 2.41. The van der Waals surface area contributed by atoms with E-state index in [1.165, 1.54) is 6.07 Å². The van der Waals surface area contributed by atoms with Gasteiger partial charge in [-0.3, -0.25) is 4.79 Å². The number of halogens is 3. The van der Waals surface area contributed by atoms with Crippen LogP contribution in [-0.2, 0) is 0 Å². The number of benzene rings is 2. The van der Waals surface area contributed by atoms with Crippen LogP contribution in [0.2, 0.25) is 5.02 Å². The molecule has 0 heterocycles. The molecule has 0 aliphatic heterocycles. The molecule has 1 amide bonds. The van der Waals surface area contributed by atoms with Crippen molar-refractivity contribution in [2.24, 2.45) is 5.73 Å². The van der Waals surface area contributed by atoms with Crippen LogP contribution in [-0.4, -0.2) is 11.0 Å². The first-order valence-electron chi connectivity index (χ1n) is 5.19. The zero-order valence-electron chi connectivity index (χ0n) is 9.45. The van der Waals surface area contributed by atoms with Crippen LogP contribution in [0.3, 0.4) is 0 Å². The molecule has 0 atom stereocenters. The Hall–Kier alpha value is -1.04. The van der Waals surface area contributed by atoms with E-state index in [1.807, 2.05) is 0 Å². The predicted octanol–water partition coefficient (Wildman–Crippen LogP) is 4.34. The highest BCUT2D eigenvalue weighted by Gasteiger charge is 2.16. The van der Waals surface area contributed by atoms with Crippen molar-refractivity contribution in [1.29, 1.82) is 0 Å². The van der Waals surface area contributed by atoms with Gasteiger partial charge >= 0.3 is 0 Å². The van der Waals surface area contributed by atoms with Gasteiger partial charge in [0.1, 0.15) is 5.75 Å². The third kappa shape index (κ3) is 2.63. The van der Waals surface area contributed by atoms with E-state index in [0.29, 0.717) is 20.6 Å². The first-order chi connectivity index (χ1) is 8.93. The molecule has 6 heteroatoms. The van der Waals surface area contributed by atoms with Gasteiger partial charge in [-0.2, -0.15) is 0 Å². The van der Waals surface area contributed by atoms with E-state index in [1.54, 1.807) is 24.3 Å². The van der Waals surface area contributed by atoms with Crippen molar-refractivity contribution < 1.29 is 9.90 Å². The van der Waals surface area contributed by atoms with Gasteiger partial charge in [-0.1, -0.05) is 29.8 Å². The molecule has 0 unspecified atom stereocenters. The smallest absolute Gasteiger partial charge is 0.252 e. The average molecular weight is 405 g/mol. The molecule has 0 aliphatic rings. The normalized spacial score (nSPS) is 10.5. The maximum Gasteiger partial charge on any atom is 0.252 e. The molecular formula is C13H8Br2ClNO2. The van der Waals surface area contributed by atoms with E-state index in [0.717, 1.165) is 4.47 Å². The van der Waals surface area contributed by atoms with Gasteiger partial charge in [0.15, 0.2) is 0 Å². The lowest BCUT2D eigenvalue weighted by Crippen LogP contribution is -2.11. The molecule has 98 valence electrons. The number of primary amides is 1. The van der Waals surface area contributed by atoms with Gasteiger partial charge in [0, 0.05) is 20.1 Å². The highest BCUT2D eigenvalue weighted by molar-refractivity contribution is 9.11. The van der Waals surface area contributed by atoms with Crippen LogP contribution >= 0.6 is 43.5 Å². The molecule has 3 nitrogen and oxygen atoms in total. The Morgan fingerprint density at radius 3 is 2.47 bits per heavy atom. The molecule has 2 aromatic carbocycles. The molecule has 2 aromatic rings. The first-order valence-corrected chi connectivity index (χ1v) is 7.15. The number of nitrogens with two attached hydrogens (primary N) is 1. The monoisotopic (exact) mass is 403 g/mol. The molecule has 0 bridgehead atoms. The van der Waals surface area contributed by atoms with E-state index in [9.17, 15) is 9.90 Å².